The molecule has 2 aromatic heterocycles. The summed E-state index contributed by atoms with van der Waals surface area (Å²) in [6.45, 7) is 0.356. The highest BCUT2D eigenvalue weighted by molar-refractivity contribution is 5.87. The van der Waals surface area contributed by atoms with Crippen LogP contribution in [0.1, 0.15) is 16.1 Å². The Morgan fingerprint density at radius 2 is 2.14 bits per heavy atom. The van der Waals surface area contributed by atoms with Crippen LogP contribution >= 0.6 is 0 Å². The Morgan fingerprint density at radius 3 is 2.81 bits per heavy atom. The van der Waals surface area contributed by atoms with E-state index >= 15 is 0 Å². The minimum absolute atomic E-state index is 0.0337. The van der Waals surface area contributed by atoms with Gasteiger partial charge in [0.05, 0.1) is 17.0 Å². The maximum absolute atomic E-state index is 10.8. The molecule has 0 unspecified atom stereocenters. The number of carboxylic acids is 1. The molecule has 1 N–H and O–H groups in total. The Bertz CT molecular complexity index is 846. The fraction of sp³-hybridized carbons (Fsp3) is 0.0714. The summed E-state index contributed by atoms with van der Waals surface area (Å²) >= 11 is 0. The van der Waals surface area contributed by atoms with Gasteiger partial charge >= 0.3 is 5.97 Å². The van der Waals surface area contributed by atoms with E-state index in [1.807, 2.05) is 4.57 Å². The molecule has 0 amide bonds. The number of non-ortho nitro benzene ring substituents is 1. The van der Waals surface area contributed by atoms with Crippen molar-refractivity contribution in [3.8, 4) is 0 Å². The summed E-state index contributed by atoms with van der Waals surface area (Å²) in [6.07, 6.45) is 2.96. The number of hydrogen-bond acceptors (Lipinski definition) is 4. The molecule has 7 nitrogen and oxygen atoms in total. The van der Waals surface area contributed by atoms with Crippen LogP contribution in [0.5, 0.6) is 0 Å². The quantitative estimate of drug-likeness (QED) is 0.587. The van der Waals surface area contributed by atoms with E-state index in [9.17, 15) is 14.9 Å². The van der Waals surface area contributed by atoms with Crippen molar-refractivity contribution in [1.82, 2.24) is 4.57 Å². The van der Waals surface area contributed by atoms with Crippen LogP contribution in [0.15, 0.2) is 47.2 Å². The molecule has 0 aliphatic carbocycles. The van der Waals surface area contributed by atoms with Crippen molar-refractivity contribution in [3.05, 3.63) is 64.2 Å². The third kappa shape index (κ3) is 2.36. The van der Waals surface area contributed by atoms with E-state index in [1.165, 1.54) is 24.5 Å². The second-order valence-electron chi connectivity index (χ2n) is 4.55. The van der Waals surface area contributed by atoms with Crippen LogP contribution in [0.25, 0.3) is 10.9 Å². The molecule has 0 fully saturated rings. The lowest BCUT2D eigenvalue weighted by atomic mass is 10.2. The molecule has 0 aliphatic heterocycles. The normalized spacial score (nSPS) is 10.9. The second kappa shape index (κ2) is 4.78. The number of fused-ring (bicyclic) bond motifs is 1. The molecule has 2 heterocycles. The molecule has 3 aromatic rings. The average molecular weight is 286 g/mol. The van der Waals surface area contributed by atoms with E-state index in [2.05, 4.69) is 0 Å². The van der Waals surface area contributed by atoms with Crippen molar-refractivity contribution in [2.45, 2.75) is 6.54 Å². The highest BCUT2D eigenvalue weighted by atomic mass is 16.6. The average Bonchev–Trinajstić information content (AvgIpc) is 3.06. The first-order valence-electron chi connectivity index (χ1n) is 6.08. The Hall–Kier alpha value is -3.09. The molecule has 0 saturated carbocycles. The van der Waals surface area contributed by atoms with Crippen molar-refractivity contribution in [2.75, 3.05) is 0 Å². The van der Waals surface area contributed by atoms with Crippen molar-refractivity contribution in [1.29, 1.82) is 0 Å². The summed E-state index contributed by atoms with van der Waals surface area (Å²) < 4.78 is 7.04. The maximum atomic E-state index is 10.8. The fourth-order valence-electron chi connectivity index (χ4n) is 2.18. The monoisotopic (exact) mass is 286 g/mol. The SMILES string of the molecule is O=C(O)c1coc(Cn2ccc3cc([N+](=O)[O-])ccc32)c1. The summed E-state index contributed by atoms with van der Waals surface area (Å²) in [5, 5.41) is 20.3. The molecule has 0 bridgehead atoms. The highest BCUT2D eigenvalue weighted by Crippen LogP contribution is 2.23. The Labute approximate surface area is 118 Å². The Kier molecular flexibility index (Phi) is 2.94. The van der Waals surface area contributed by atoms with Crippen LogP contribution in [0.3, 0.4) is 0 Å². The lowest BCUT2D eigenvalue weighted by Gasteiger charge is -2.02. The molecule has 0 atom stereocenters. The number of rotatable bonds is 4. The molecule has 1 aromatic carbocycles. The van der Waals surface area contributed by atoms with Gasteiger partial charge in [-0.15, -0.1) is 0 Å². The fourth-order valence-corrected chi connectivity index (χ4v) is 2.18. The third-order valence-corrected chi connectivity index (χ3v) is 3.19. The lowest BCUT2D eigenvalue weighted by Crippen LogP contribution is -1.97. The van der Waals surface area contributed by atoms with Gasteiger partial charge in [0, 0.05) is 29.2 Å². The number of nitrogens with zero attached hydrogens (tertiary/aromatic N) is 2. The molecule has 0 aliphatic rings. The number of nitro benzene ring substituents is 1. The van der Waals surface area contributed by atoms with E-state index in [0.29, 0.717) is 12.3 Å². The molecular weight excluding hydrogens is 276 g/mol. The Balaban J connectivity index is 1.93. The lowest BCUT2D eigenvalue weighted by molar-refractivity contribution is -0.384. The molecule has 21 heavy (non-hydrogen) atoms. The molecular formula is C14H10N2O5. The van der Waals surface area contributed by atoms with Gasteiger partial charge in [0.2, 0.25) is 0 Å². The largest absolute Gasteiger partial charge is 0.478 e. The van der Waals surface area contributed by atoms with Gasteiger partial charge in [0.15, 0.2) is 0 Å². The van der Waals surface area contributed by atoms with E-state index in [0.717, 1.165) is 10.9 Å². The third-order valence-electron chi connectivity index (χ3n) is 3.19. The summed E-state index contributed by atoms with van der Waals surface area (Å²) in [5.41, 5.74) is 0.942. The number of nitro groups is 1. The van der Waals surface area contributed by atoms with E-state index in [4.69, 9.17) is 9.52 Å². The minimum atomic E-state index is -1.04. The van der Waals surface area contributed by atoms with Gasteiger partial charge in [-0.05, 0) is 18.2 Å². The van der Waals surface area contributed by atoms with Gasteiger partial charge in [-0.3, -0.25) is 10.1 Å². The molecule has 7 heteroatoms. The van der Waals surface area contributed by atoms with Gasteiger partial charge in [-0.1, -0.05) is 0 Å². The van der Waals surface area contributed by atoms with E-state index in [-0.39, 0.29) is 11.3 Å². The van der Waals surface area contributed by atoms with Crippen LogP contribution in [-0.2, 0) is 6.54 Å². The van der Waals surface area contributed by atoms with Crippen LogP contribution in [0.2, 0.25) is 0 Å². The highest BCUT2D eigenvalue weighted by Gasteiger charge is 2.11. The topological polar surface area (TPSA) is 98.5 Å². The number of carbonyl (C=O) groups is 1. The van der Waals surface area contributed by atoms with Crippen molar-refractivity contribution in [2.24, 2.45) is 0 Å². The molecule has 106 valence electrons. The van der Waals surface area contributed by atoms with Crippen LogP contribution in [0.4, 0.5) is 5.69 Å². The van der Waals surface area contributed by atoms with Crippen LogP contribution in [0, 0.1) is 10.1 Å². The molecule has 3 rings (SSSR count). The number of benzene rings is 1. The number of aromatic carboxylic acids is 1. The number of carboxylic acid groups (broad SMARTS) is 1. The summed E-state index contributed by atoms with van der Waals surface area (Å²) in [7, 11) is 0. The number of hydrogen-bond donors (Lipinski definition) is 1. The summed E-state index contributed by atoms with van der Waals surface area (Å²) in [4.78, 5) is 21.1. The molecule has 0 radical (unpaired) electrons. The zero-order valence-electron chi connectivity index (χ0n) is 10.7. The van der Waals surface area contributed by atoms with E-state index < -0.39 is 10.9 Å². The summed E-state index contributed by atoms with van der Waals surface area (Å²) in [6, 6.07) is 7.82. The first kappa shape index (κ1) is 12.9. The predicted octanol–water partition coefficient (Wildman–Crippen LogP) is 2.89. The van der Waals surface area contributed by atoms with Gasteiger partial charge in [-0.25, -0.2) is 4.79 Å². The van der Waals surface area contributed by atoms with Gasteiger partial charge in [0.25, 0.3) is 5.69 Å². The van der Waals surface area contributed by atoms with Crippen molar-refractivity contribution in [3.63, 3.8) is 0 Å². The predicted molar refractivity (Wildman–Crippen MR) is 73.4 cm³/mol. The zero-order chi connectivity index (χ0) is 15.0. The first-order chi connectivity index (χ1) is 10.0. The minimum Gasteiger partial charge on any atom is -0.478 e. The second-order valence-corrected chi connectivity index (χ2v) is 4.55. The number of aromatic nitrogens is 1. The standard InChI is InChI=1S/C14H10N2O5/c17-14(18)10-6-12(21-8-10)7-15-4-3-9-5-11(16(19)20)1-2-13(9)15/h1-6,8H,7H2,(H,17,18). The maximum Gasteiger partial charge on any atom is 0.338 e. The van der Waals surface area contributed by atoms with E-state index in [1.54, 1.807) is 18.3 Å². The van der Waals surface area contributed by atoms with Crippen molar-refractivity contribution < 1.29 is 19.2 Å². The molecule has 0 saturated heterocycles. The Morgan fingerprint density at radius 1 is 1.33 bits per heavy atom. The smallest absolute Gasteiger partial charge is 0.338 e. The van der Waals surface area contributed by atoms with Gasteiger partial charge < -0.3 is 14.1 Å². The molecule has 0 spiro atoms. The summed E-state index contributed by atoms with van der Waals surface area (Å²) in [5.74, 6) is -0.541. The van der Waals surface area contributed by atoms with Crippen LogP contribution in [-0.4, -0.2) is 20.6 Å². The zero-order valence-corrected chi connectivity index (χ0v) is 10.7. The van der Waals surface area contributed by atoms with Crippen molar-refractivity contribution >= 4 is 22.6 Å². The van der Waals surface area contributed by atoms with Gasteiger partial charge in [-0.2, -0.15) is 0 Å². The number of furan rings is 1. The van der Waals surface area contributed by atoms with Crippen LogP contribution < -0.4 is 0 Å². The van der Waals surface area contributed by atoms with Gasteiger partial charge in [0.1, 0.15) is 12.0 Å². The first-order valence-corrected chi connectivity index (χ1v) is 6.08.